The number of hydrogen-bond acceptors (Lipinski definition) is 3. The van der Waals surface area contributed by atoms with E-state index in [-0.39, 0.29) is 0 Å². The van der Waals surface area contributed by atoms with Gasteiger partial charge in [-0.2, -0.15) is 0 Å². The second-order valence-corrected chi connectivity index (χ2v) is 6.47. The Kier molecular flexibility index (Phi) is 5.05. The second kappa shape index (κ2) is 6.36. The molecule has 2 heterocycles. The van der Waals surface area contributed by atoms with Crippen molar-refractivity contribution in [2.75, 3.05) is 33.2 Å². The Labute approximate surface area is 113 Å². The minimum Gasteiger partial charge on any atom is -0.329 e. The van der Waals surface area contributed by atoms with Gasteiger partial charge in [0.2, 0.25) is 0 Å². The lowest BCUT2D eigenvalue weighted by atomic mass is 9.81. The molecule has 2 atom stereocenters. The van der Waals surface area contributed by atoms with Gasteiger partial charge in [-0.25, -0.2) is 0 Å². The van der Waals surface area contributed by atoms with E-state index < -0.39 is 0 Å². The fourth-order valence-electron chi connectivity index (χ4n) is 3.74. The largest absolute Gasteiger partial charge is 0.329 e. The van der Waals surface area contributed by atoms with Gasteiger partial charge in [-0.05, 0) is 59.3 Å². The Morgan fingerprint density at radius 3 is 2.22 bits per heavy atom. The van der Waals surface area contributed by atoms with Gasteiger partial charge in [0, 0.05) is 18.1 Å². The third kappa shape index (κ3) is 3.06. The Morgan fingerprint density at radius 2 is 1.67 bits per heavy atom. The Balaban J connectivity index is 2.05. The highest BCUT2D eigenvalue weighted by Gasteiger charge is 2.40. The lowest BCUT2D eigenvalue weighted by Gasteiger charge is -2.51. The topological polar surface area (TPSA) is 32.5 Å². The number of hydrogen-bond donors (Lipinski definition) is 1. The van der Waals surface area contributed by atoms with Gasteiger partial charge < -0.3 is 10.6 Å². The molecule has 2 aliphatic heterocycles. The monoisotopic (exact) mass is 253 g/mol. The van der Waals surface area contributed by atoms with Gasteiger partial charge in [-0.3, -0.25) is 4.90 Å². The zero-order valence-electron chi connectivity index (χ0n) is 12.3. The molecular formula is C15H31N3. The molecule has 0 radical (unpaired) electrons. The normalized spacial score (nSPS) is 37.2. The molecule has 0 aromatic carbocycles. The fraction of sp³-hybridized carbons (Fsp3) is 1.00. The summed E-state index contributed by atoms with van der Waals surface area (Å²) < 4.78 is 0. The minimum atomic E-state index is 0.295. The van der Waals surface area contributed by atoms with E-state index in [0.29, 0.717) is 11.6 Å². The summed E-state index contributed by atoms with van der Waals surface area (Å²) in [5.41, 5.74) is 6.50. The van der Waals surface area contributed by atoms with E-state index in [1.54, 1.807) is 0 Å². The average molecular weight is 253 g/mol. The maximum atomic E-state index is 6.21. The van der Waals surface area contributed by atoms with Crippen LogP contribution in [0.15, 0.2) is 0 Å². The minimum absolute atomic E-state index is 0.295. The molecule has 0 spiro atoms. The van der Waals surface area contributed by atoms with Gasteiger partial charge in [0.1, 0.15) is 0 Å². The zero-order valence-corrected chi connectivity index (χ0v) is 12.3. The van der Waals surface area contributed by atoms with Gasteiger partial charge in [0.25, 0.3) is 0 Å². The predicted octanol–water partition coefficient (Wildman–Crippen LogP) is 2.06. The van der Waals surface area contributed by atoms with Crippen molar-refractivity contribution in [1.82, 2.24) is 9.80 Å². The first-order valence-electron chi connectivity index (χ1n) is 7.83. The van der Waals surface area contributed by atoms with Gasteiger partial charge >= 0.3 is 0 Å². The number of rotatable bonds is 2. The molecule has 0 aliphatic carbocycles. The lowest BCUT2D eigenvalue weighted by molar-refractivity contribution is 0.00590. The average Bonchev–Trinajstić information content (AvgIpc) is 2.33. The molecule has 2 rings (SSSR count). The summed E-state index contributed by atoms with van der Waals surface area (Å²) in [6.45, 7) is 6.94. The van der Waals surface area contributed by atoms with Crippen LogP contribution in [0.4, 0.5) is 0 Å². The molecule has 3 heteroatoms. The third-order valence-corrected chi connectivity index (χ3v) is 5.26. The maximum Gasteiger partial charge on any atom is 0.0358 e. The number of piperidine rings is 1. The smallest absolute Gasteiger partial charge is 0.0358 e. The van der Waals surface area contributed by atoms with Crippen LogP contribution in [-0.2, 0) is 0 Å². The van der Waals surface area contributed by atoms with Crippen LogP contribution in [0.5, 0.6) is 0 Å². The van der Waals surface area contributed by atoms with Crippen LogP contribution in [0, 0.1) is 0 Å². The summed E-state index contributed by atoms with van der Waals surface area (Å²) in [4.78, 5) is 5.23. The Morgan fingerprint density at radius 1 is 1.06 bits per heavy atom. The molecule has 0 aromatic heterocycles. The first-order valence-corrected chi connectivity index (χ1v) is 7.83. The van der Waals surface area contributed by atoms with Crippen molar-refractivity contribution in [2.45, 2.75) is 63.5 Å². The van der Waals surface area contributed by atoms with Gasteiger partial charge in [-0.1, -0.05) is 19.3 Å². The molecule has 2 aliphatic rings. The van der Waals surface area contributed by atoms with Crippen LogP contribution in [0.1, 0.15) is 51.9 Å². The summed E-state index contributed by atoms with van der Waals surface area (Å²) in [5, 5.41) is 0. The summed E-state index contributed by atoms with van der Waals surface area (Å²) in [7, 11) is 2.25. The van der Waals surface area contributed by atoms with Crippen molar-refractivity contribution in [3.8, 4) is 0 Å². The second-order valence-electron chi connectivity index (χ2n) is 6.47. The van der Waals surface area contributed by atoms with E-state index in [4.69, 9.17) is 5.73 Å². The van der Waals surface area contributed by atoms with Crippen molar-refractivity contribution in [2.24, 2.45) is 5.73 Å². The summed E-state index contributed by atoms with van der Waals surface area (Å²) >= 11 is 0. The molecule has 2 saturated heterocycles. The quantitative estimate of drug-likeness (QED) is 0.817. The van der Waals surface area contributed by atoms with Crippen LogP contribution >= 0.6 is 0 Å². The first-order chi connectivity index (χ1) is 8.68. The molecule has 2 unspecified atom stereocenters. The Hall–Kier alpha value is -0.120. The van der Waals surface area contributed by atoms with Crippen LogP contribution in [-0.4, -0.2) is 54.6 Å². The van der Waals surface area contributed by atoms with Gasteiger partial charge in [0.15, 0.2) is 0 Å². The molecule has 0 saturated carbocycles. The van der Waals surface area contributed by atoms with Gasteiger partial charge in [0.05, 0.1) is 0 Å². The zero-order chi connectivity index (χ0) is 13.0. The van der Waals surface area contributed by atoms with Crippen LogP contribution < -0.4 is 5.73 Å². The standard InChI is InChI=1S/C15H31N3/c1-14-12-15(13-16,8-11-17(14)2)18-9-6-4-3-5-7-10-18/h14H,3-13,16H2,1-2H3. The Bertz CT molecular complexity index is 248. The number of nitrogens with zero attached hydrogens (tertiary/aromatic N) is 2. The maximum absolute atomic E-state index is 6.21. The van der Waals surface area contributed by atoms with Crippen molar-refractivity contribution in [3.05, 3.63) is 0 Å². The van der Waals surface area contributed by atoms with Crippen molar-refractivity contribution < 1.29 is 0 Å². The van der Waals surface area contributed by atoms with Gasteiger partial charge in [-0.15, -0.1) is 0 Å². The fourth-order valence-corrected chi connectivity index (χ4v) is 3.74. The van der Waals surface area contributed by atoms with E-state index >= 15 is 0 Å². The van der Waals surface area contributed by atoms with Crippen LogP contribution in [0.25, 0.3) is 0 Å². The number of nitrogens with two attached hydrogens (primary N) is 1. The summed E-state index contributed by atoms with van der Waals surface area (Å²) in [6, 6.07) is 0.674. The predicted molar refractivity (Wildman–Crippen MR) is 77.8 cm³/mol. The van der Waals surface area contributed by atoms with Crippen molar-refractivity contribution in [3.63, 3.8) is 0 Å². The van der Waals surface area contributed by atoms with Crippen LogP contribution in [0.3, 0.4) is 0 Å². The number of likely N-dealkylation sites (tertiary alicyclic amines) is 2. The lowest BCUT2D eigenvalue weighted by Crippen LogP contribution is -2.61. The third-order valence-electron chi connectivity index (χ3n) is 5.26. The summed E-state index contributed by atoms with van der Waals surface area (Å²) in [5.74, 6) is 0. The van der Waals surface area contributed by atoms with E-state index in [1.165, 1.54) is 64.6 Å². The molecule has 3 nitrogen and oxygen atoms in total. The molecule has 2 N–H and O–H groups in total. The van der Waals surface area contributed by atoms with E-state index in [0.717, 1.165) is 6.54 Å². The van der Waals surface area contributed by atoms with E-state index in [9.17, 15) is 0 Å². The van der Waals surface area contributed by atoms with E-state index in [2.05, 4.69) is 23.8 Å². The highest BCUT2D eigenvalue weighted by Crippen LogP contribution is 2.32. The highest BCUT2D eigenvalue weighted by atomic mass is 15.2. The molecule has 0 aromatic rings. The van der Waals surface area contributed by atoms with Crippen molar-refractivity contribution in [1.29, 1.82) is 0 Å². The summed E-state index contributed by atoms with van der Waals surface area (Å²) in [6.07, 6.45) is 9.49. The first kappa shape index (κ1) is 14.3. The highest BCUT2D eigenvalue weighted by molar-refractivity contribution is 4.98. The van der Waals surface area contributed by atoms with E-state index in [1.807, 2.05) is 0 Å². The van der Waals surface area contributed by atoms with Crippen molar-refractivity contribution >= 4 is 0 Å². The molecule has 0 amide bonds. The molecular weight excluding hydrogens is 222 g/mol. The SMILES string of the molecule is CC1CC(CN)(N2CCCCCCC2)CCN1C. The molecule has 106 valence electrons. The molecule has 2 fully saturated rings. The van der Waals surface area contributed by atoms with Crippen LogP contribution in [0.2, 0.25) is 0 Å². The molecule has 0 bridgehead atoms. The molecule has 18 heavy (non-hydrogen) atoms.